The van der Waals surface area contributed by atoms with Gasteiger partial charge in [0.2, 0.25) is 0 Å². The van der Waals surface area contributed by atoms with E-state index >= 15 is 0 Å². The third-order valence-corrected chi connectivity index (χ3v) is 4.25. The Morgan fingerprint density at radius 1 is 0.769 bits per heavy atom. The van der Waals surface area contributed by atoms with Crippen molar-refractivity contribution in [3.63, 3.8) is 0 Å². The Hall–Kier alpha value is -3.66. The largest absolute Gasteiger partial charge is 0.506 e. The van der Waals surface area contributed by atoms with Crippen molar-refractivity contribution >= 4 is 22.9 Å². The number of fused-ring (bicyclic) bond motifs is 1. The summed E-state index contributed by atoms with van der Waals surface area (Å²) in [5, 5.41) is 15.1. The van der Waals surface area contributed by atoms with Crippen LogP contribution in [0.5, 0.6) is 0 Å². The normalized spacial score (nSPS) is 13.7. The van der Waals surface area contributed by atoms with Crippen LogP contribution >= 0.6 is 0 Å². The van der Waals surface area contributed by atoms with Crippen molar-refractivity contribution in [2.75, 3.05) is 5.43 Å². The number of anilines is 1. The van der Waals surface area contributed by atoms with Gasteiger partial charge in [-0.2, -0.15) is 5.10 Å². The molecule has 0 radical (unpaired) electrons. The number of para-hydroxylation sites is 1. The molecule has 0 atom stereocenters. The summed E-state index contributed by atoms with van der Waals surface area (Å²) in [6, 6.07) is 25.9. The predicted octanol–water partition coefficient (Wildman–Crippen LogP) is 4.67. The monoisotopic (exact) mass is 340 g/mol. The molecule has 0 heterocycles. The number of aliphatic hydroxyl groups excluding tert-OH is 1. The predicted molar refractivity (Wildman–Crippen MR) is 103 cm³/mol. The molecule has 0 fully saturated rings. The summed E-state index contributed by atoms with van der Waals surface area (Å²) < 4.78 is 0. The van der Waals surface area contributed by atoms with Gasteiger partial charge in [-0.3, -0.25) is 10.2 Å². The minimum Gasteiger partial charge on any atom is -0.506 e. The van der Waals surface area contributed by atoms with Crippen LogP contribution in [-0.2, 0) is 0 Å². The molecule has 3 aromatic carbocycles. The van der Waals surface area contributed by atoms with Crippen molar-refractivity contribution in [2.24, 2.45) is 5.10 Å². The highest BCUT2D eigenvalue weighted by Gasteiger charge is 2.33. The first-order valence-corrected chi connectivity index (χ1v) is 8.27. The molecule has 0 saturated carbocycles. The molecule has 4 heteroatoms. The number of hydrogen-bond acceptors (Lipinski definition) is 4. The summed E-state index contributed by atoms with van der Waals surface area (Å²) in [5.74, 6) is -0.265. The minimum absolute atomic E-state index is 0.0388. The van der Waals surface area contributed by atoms with E-state index in [4.69, 9.17) is 0 Å². The third-order valence-electron chi connectivity index (χ3n) is 4.25. The number of rotatable bonds is 4. The first-order chi connectivity index (χ1) is 12.8. The molecule has 0 aliphatic heterocycles. The fraction of sp³-hybridized carbons (Fsp3) is 0. The molecular weight excluding hydrogens is 324 g/mol. The number of ketones is 1. The van der Waals surface area contributed by atoms with Crippen LogP contribution in [0.4, 0.5) is 5.69 Å². The van der Waals surface area contributed by atoms with Crippen molar-refractivity contribution in [1.29, 1.82) is 0 Å². The van der Waals surface area contributed by atoms with Crippen LogP contribution < -0.4 is 5.43 Å². The van der Waals surface area contributed by atoms with Gasteiger partial charge < -0.3 is 5.11 Å². The number of carbonyl (C=O) groups is 1. The second kappa shape index (κ2) is 6.69. The Bertz CT molecular complexity index is 1020. The number of benzene rings is 3. The van der Waals surface area contributed by atoms with Gasteiger partial charge in [-0.25, -0.2) is 0 Å². The van der Waals surface area contributed by atoms with Gasteiger partial charge in [-0.1, -0.05) is 72.8 Å². The lowest BCUT2D eigenvalue weighted by Gasteiger charge is -2.09. The van der Waals surface area contributed by atoms with E-state index in [0.29, 0.717) is 16.8 Å². The zero-order chi connectivity index (χ0) is 17.9. The summed E-state index contributed by atoms with van der Waals surface area (Å²) in [6.45, 7) is 0. The topological polar surface area (TPSA) is 61.7 Å². The first kappa shape index (κ1) is 15.8. The summed E-state index contributed by atoms with van der Waals surface area (Å²) in [4.78, 5) is 12.9. The molecule has 4 nitrogen and oxygen atoms in total. The van der Waals surface area contributed by atoms with E-state index in [9.17, 15) is 9.90 Å². The Labute approximate surface area is 151 Å². The number of hydrazone groups is 1. The van der Waals surface area contributed by atoms with E-state index in [-0.39, 0.29) is 17.1 Å². The fourth-order valence-corrected chi connectivity index (χ4v) is 2.98. The highest BCUT2D eigenvalue weighted by Crippen LogP contribution is 2.33. The quantitative estimate of drug-likeness (QED) is 0.536. The van der Waals surface area contributed by atoms with Crippen LogP contribution in [0.1, 0.15) is 21.5 Å². The average Bonchev–Trinajstić information content (AvgIpc) is 2.95. The molecule has 26 heavy (non-hydrogen) atoms. The molecule has 2 N–H and O–H groups in total. The lowest BCUT2D eigenvalue weighted by Crippen LogP contribution is -2.14. The Morgan fingerprint density at radius 2 is 1.35 bits per heavy atom. The number of hydrogen-bond donors (Lipinski definition) is 2. The van der Waals surface area contributed by atoms with E-state index in [1.807, 2.05) is 60.7 Å². The van der Waals surface area contributed by atoms with Gasteiger partial charge >= 0.3 is 0 Å². The van der Waals surface area contributed by atoms with Gasteiger partial charge in [0.05, 0.1) is 11.3 Å². The number of Topliss-reactive ketones (excluding diaryl/α,β-unsaturated/α-hetero) is 1. The number of carbonyl (C=O) groups excluding carboxylic acids is 1. The van der Waals surface area contributed by atoms with Crippen molar-refractivity contribution in [2.45, 2.75) is 0 Å². The molecule has 3 aromatic rings. The standard InChI is InChI=1S/C22H16N2O2/c25-21-17-13-7-8-14-18(17)22(26)19(21)20(15-9-3-1-4-10-15)24-23-16-11-5-2-6-12-16/h1-14,23,25H. The molecule has 1 aliphatic rings. The zero-order valence-electron chi connectivity index (χ0n) is 13.9. The SMILES string of the molecule is O=C1C(C(=NNc2ccccc2)c2ccccc2)=C(O)c2ccccc21. The summed E-state index contributed by atoms with van der Waals surface area (Å²) in [6.07, 6.45) is 0. The maximum Gasteiger partial charge on any atom is 0.199 e. The smallest absolute Gasteiger partial charge is 0.199 e. The number of nitrogens with one attached hydrogen (secondary N) is 1. The van der Waals surface area contributed by atoms with Crippen molar-refractivity contribution in [3.05, 3.63) is 107 Å². The van der Waals surface area contributed by atoms with Crippen LogP contribution in [0.3, 0.4) is 0 Å². The molecule has 0 saturated heterocycles. The maximum atomic E-state index is 12.9. The lowest BCUT2D eigenvalue weighted by atomic mass is 9.99. The molecule has 0 amide bonds. The van der Waals surface area contributed by atoms with Gasteiger partial charge in [-0.15, -0.1) is 0 Å². The van der Waals surface area contributed by atoms with Crippen molar-refractivity contribution < 1.29 is 9.90 Å². The second-order valence-corrected chi connectivity index (χ2v) is 5.90. The Balaban J connectivity index is 1.82. The number of allylic oxidation sites excluding steroid dienone is 1. The van der Waals surface area contributed by atoms with E-state index in [0.717, 1.165) is 11.3 Å². The van der Waals surface area contributed by atoms with Crippen LogP contribution in [0.25, 0.3) is 5.76 Å². The maximum absolute atomic E-state index is 12.9. The summed E-state index contributed by atoms with van der Waals surface area (Å²) in [5.41, 5.74) is 6.17. The van der Waals surface area contributed by atoms with Crippen molar-refractivity contribution in [3.8, 4) is 0 Å². The summed E-state index contributed by atoms with van der Waals surface area (Å²) >= 11 is 0. The number of nitrogens with zero attached hydrogens (tertiary/aromatic N) is 1. The Morgan fingerprint density at radius 3 is 2.00 bits per heavy atom. The van der Waals surface area contributed by atoms with Gasteiger partial charge in [0.15, 0.2) is 5.78 Å². The molecule has 0 spiro atoms. The minimum atomic E-state index is -0.226. The molecule has 0 bridgehead atoms. The van der Waals surface area contributed by atoms with Gasteiger partial charge in [-0.05, 0) is 12.1 Å². The fourth-order valence-electron chi connectivity index (χ4n) is 2.98. The van der Waals surface area contributed by atoms with E-state index in [1.165, 1.54) is 0 Å². The van der Waals surface area contributed by atoms with Crippen molar-refractivity contribution in [1.82, 2.24) is 0 Å². The van der Waals surface area contributed by atoms with E-state index in [2.05, 4.69) is 10.5 Å². The van der Waals surface area contributed by atoms with Crippen LogP contribution in [0.15, 0.2) is 95.6 Å². The molecule has 0 unspecified atom stereocenters. The highest BCUT2D eigenvalue weighted by atomic mass is 16.3. The second-order valence-electron chi connectivity index (χ2n) is 5.90. The van der Waals surface area contributed by atoms with Crippen LogP contribution in [0.2, 0.25) is 0 Å². The zero-order valence-corrected chi connectivity index (χ0v) is 13.9. The highest BCUT2D eigenvalue weighted by molar-refractivity contribution is 6.39. The Kier molecular flexibility index (Phi) is 4.07. The average molecular weight is 340 g/mol. The van der Waals surface area contributed by atoms with Gasteiger partial charge in [0, 0.05) is 16.7 Å². The van der Waals surface area contributed by atoms with Gasteiger partial charge in [0.1, 0.15) is 11.5 Å². The van der Waals surface area contributed by atoms with E-state index < -0.39 is 0 Å². The molecular formula is C22H16N2O2. The van der Waals surface area contributed by atoms with Gasteiger partial charge in [0.25, 0.3) is 0 Å². The first-order valence-electron chi connectivity index (χ1n) is 8.27. The third kappa shape index (κ3) is 2.78. The summed E-state index contributed by atoms with van der Waals surface area (Å²) in [7, 11) is 0. The molecule has 1 aliphatic carbocycles. The lowest BCUT2D eigenvalue weighted by molar-refractivity contribution is 0.104. The van der Waals surface area contributed by atoms with Crippen LogP contribution in [0, 0.1) is 0 Å². The molecule has 4 rings (SSSR count). The number of aliphatic hydroxyl groups is 1. The van der Waals surface area contributed by atoms with Crippen LogP contribution in [-0.4, -0.2) is 16.6 Å². The van der Waals surface area contributed by atoms with E-state index in [1.54, 1.807) is 24.3 Å². The molecule has 126 valence electrons. The molecule has 0 aromatic heterocycles.